The monoisotopic (exact) mass is 326 g/mol. The lowest BCUT2D eigenvalue weighted by Gasteiger charge is -2.61. The fraction of sp³-hybridized carbons (Fsp3) is 0.474. The van der Waals surface area contributed by atoms with Crippen molar-refractivity contribution in [3.8, 4) is 5.75 Å². The summed E-state index contributed by atoms with van der Waals surface area (Å²) in [6.45, 7) is 2.95. The quantitative estimate of drug-likeness (QED) is 0.603. The van der Waals surface area contributed by atoms with Gasteiger partial charge in [0.15, 0.2) is 5.72 Å². The zero-order valence-electron chi connectivity index (χ0n) is 13.7. The van der Waals surface area contributed by atoms with E-state index in [1.54, 1.807) is 12.1 Å². The van der Waals surface area contributed by atoms with Gasteiger partial charge in [-0.1, -0.05) is 11.6 Å². The molecule has 4 aliphatic heterocycles. The van der Waals surface area contributed by atoms with Gasteiger partial charge in [0.05, 0.1) is 5.69 Å². The Morgan fingerprint density at radius 2 is 2.25 bits per heavy atom. The van der Waals surface area contributed by atoms with Gasteiger partial charge in [-0.15, -0.1) is 0 Å². The van der Waals surface area contributed by atoms with Gasteiger partial charge in [-0.2, -0.15) is 0 Å². The molecule has 0 radical (unpaired) electrons. The Morgan fingerprint density at radius 3 is 3.00 bits per heavy atom. The van der Waals surface area contributed by atoms with Crippen LogP contribution in [0.25, 0.3) is 10.9 Å². The molecule has 4 aliphatic rings. The van der Waals surface area contributed by atoms with Crippen LogP contribution in [0, 0.1) is 11.8 Å². The number of nitrogens with zero attached hydrogens (tertiary/aromatic N) is 1. The van der Waals surface area contributed by atoms with E-state index >= 15 is 0 Å². The number of aromatic nitrogens is 1. The lowest BCUT2D eigenvalue weighted by atomic mass is 9.63. The normalized spacial score (nSPS) is 38.7. The van der Waals surface area contributed by atoms with E-state index in [2.05, 4.69) is 16.0 Å². The highest BCUT2D eigenvalue weighted by Gasteiger charge is 2.59. The van der Waals surface area contributed by atoms with Crippen LogP contribution in [0.4, 0.5) is 0 Å². The average molecular weight is 326 g/mol. The van der Waals surface area contributed by atoms with Crippen molar-refractivity contribution in [2.24, 2.45) is 11.8 Å². The summed E-state index contributed by atoms with van der Waals surface area (Å²) in [7, 11) is 0. The molecule has 3 fully saturated rings. The minimum Gasteiger partial charge on any atom is -0.508 e. The molecule has 2 aromatic rings. The van der Waals surface area contributed by atoms with E-state index in [-0.39, 0.29) is 30.2 Å². The van der Waals surface area contributed by atoms with Crippen LogP contribution in [0.2, 0.25) is 0 Å². The van der Waals surface area contributed by atoms with Crippen molar-refractivity contribution in [1.82, 2.24) is 9.88 Å². The Kier molecular flexibility index (Phi) is 2.80. The van der Waals surface area contributed by atoms with Gasteiger partial charge in [0.25, 0.3) is 0 Å². The molecule has 5 heterocycles. The van der Waals surface area contributed by atoms with E-state index in [1.807, 2.05) is 13.0 Å². The van der Waals surface area contributed by atoms with E-state index in [4.69, 9.17) is 0 Å². The number of fused-ring (bicyclic) bond motifs is 4. The van der Waals surface area contributed by atoms with Crippen molar-refractivity contribution in [2.45, 2.75) is 31.5 Å². The zero-order valence-corrected chi connectivity index (χ0v) is 13.7. The molecule has 0 aliphatic carbocycles. The molecule has 0 saturated carbocycles. The molecule has 4 bridgehead atoms. The number of hydrogen-bond acceptors (Lipinski definition) is 4. The number of hydrogen-bond donors (Lipinski definition) is 4. The maximum Gasteiger partial charge on any atom is 0.160 e. The Bertz CT molecular complexity index is 871. The summed E-state index contributed by atoms with van der Waals surface area (Å²) in [6, 6.07) is 5.44. The third-order valence-corrected chi connectivity index (χ3v) is 6.51. The summed E-state index contributed by atoms with van der Waals surface area (Å²) in [6.07, 6.45) is 3.54. The zero-order chi connectivity index (χ0) is 16.6. The molecular weight excluding hydrogens is 304 g/mol. The molecule has 0 amide bonds. The minimum atomic E-state index is -1.00. The van der Waals surface area contributed by atoms with Gasteiger partial charge in [0, 0.05) is 42.4 Å². The smallest absolute Gasteiger partial charge is 0.160 e. The third kappa shape index (κ3) is 1.60. The van der Waals surface area contributed by atoms with Crippen LogP contribution in [0.5, 0.6) is 5.75 Å². The average Bonchev–Trinajstić information content (AvgIpc) is 2.93. The molecule has 3 saturated heterocycles. The van der Waals surface area contributed by atoms with E-state index in [9.17, 15) is 15.3 Å². The van der Waals surface area contributed by atoms with Crippen molar-refractivity contribution < 1.29 is 15.3 Å². The number of piperidine rings is 3. The van der Waals surface area contributed by atoms with Gasteiger partial charge in [-0.25, -0.2) is 0 Å². The number of allylic oxidation sites excluding steroid dienone is 1. The molecule has 24 heavy (non-hydrogen) atoms. The molecule has 5 nitrogen and oxygen atoms in total. The molecule has 0 spiro atoms. The molecule has 126 valence electrons. The fourth-order valence-electron chi connectivity index (χ4n) is 5.38. The second-order valence-corrected chi connectivity index (χ2v) is 7.45. The highest BCUT2D eigenvalue weighted by atomic mass is 16.3. The van der Waals surface area contributed by atoms with Crippen LogP contribution in [-0.4, -0.2) is 44.4 Å². The molecule has 5 heteroatoms. The first-order chi connectivity index (χ1) is 11.6. The van der Waals surface area contributed by atoms with Gasteiger partial charge in [-0.3, -0.25) is 4.90 Å². The van der Waals surface area contributed by atoms with E-state index in [0.29, 0.717) is 6.42 Å². The summed E-state index contributed by atoms with van der Waals surface area (Å²) < 4.78 is 0. The number of rotatable bonds is 1. The second kappa shape index (κ2) is 4.63. The van der Waals surface area contributed by atoms with Crippen LogP contribution in [-0.2, 0) is 12.1 Å². The topological polar surface area (TPSA) is 79.7 Å². The number of nitrogens with one attached hydrogen (secondary N) is 1. The van der Waals surface area contributed by atoms with E-state index in [0.717, 1.165) is 35.1 Å². The molecule has 4 N–H and O–H groups in total. The summed E-state index contributed by atoms with van der Waals surface area (Å²) >= 11 is 0. The Hall–Kier alpha value is -1.82. The van der Waals surface area contributed by atoms with Gasteiger partial charge >= 0.3 is 0 Å². The second-order valence-electron chi connectivity index (χ2n) is 7.45. The highest BCUT2D eigenvalue weighted by molar-refractivity contribution is 5.86. The van der Waals surface area contributed by atoms with Crippen molar-refractivity contribution in [1.29, 1.82) is 0 Å². The number of aromatic amines is 1. The predicted octanol–water partition coefficient (Wildman–Crippen LogP) is 1.83. The minimum absolute atomic E-state index is 0.135. The molecular formula is C19H22N2O3. The van der Waals surface area contributed by atoms with E-state index in [1.165, 1.54) is 5.57 Å². The first kappa shape index (κ1) is 14.5. The standard InChI is InChI=1S/C19H22N2O3/c1-2-10-8-21-17-6-13-12-5-11(23)3-4-16(12)20-18(13)19(21,24)7-14(10)15(17)9-22/h2-5,14-15,17,20,22-24H,6-9H2,1H3/b10-2-/t14-,15?,17+,19-/m1/s1. The largest absolute Gasteiger partial charge is 0.508 e. The first-order valence-corrected chi connectivity index (χ1v) is 8.66. The number of benzene rings is 1. The van der Waals surface area contributed by atoms with Crippen molar-refractivity contribution >= 4 is 10.9 Å². The maximum atomic E-state index is 11.6. The Balaban J connectivity index is 1.74. The third-order valence-electron chi connectivity index (χ3n) is 6.51. The Morgan fingerprint density at radius 1 is 1.42 bits per heavy atom. The fourth-order valence-corrected chi connectivity index (χ4v) is 5.38. The molecule has 2 unspecified atom stereocenters. The highest BCUT2D eigenvalue weighted by Crippen LogP contribution is 2.56. The Labute approximate surface area is 140 Å². The number of aliphatic hydroxyl groups is 2. The van der Waals surface area contributed by atoms with E-state index < -0.39 is 5.72 Å². The lowest BCUT2D eigenvalue weighted by molar-refractivity contribution is -0.221. The van der Waals surface area contributed by atoms with Crippen molar-refractivity contribution in [3.05, 3.63) is 41.1 Å². The predicted molar refractivity (Wildman–Crippen MR) is 90.5 cm³/mol. The van der Waals surface area contributed by atoms with Gasteiger partial charge < -0.3 is 20.3 Å². The van der Waals surface area contributed by atoms with Crippen molar-refractivity contribution in [2.75, 3.05) is 13.2 Å². The van der Waals surface area contributed by atoms with Gasteiger partial charge in [-0.05, 0) is 43.0 Å². The van der Waals surface area contributed by atoms with Crippen LogP contribution >= 0.6 is 0 Å². The van der Waals surface area contributed by atoms with Gasteiger partial charge in [0.1, 0.15) is 5.75 Å². The number of phenolic OH excluding ortho intramolecular Hbond substituents is 1. The van der Waals surface area contributed by atoms with Crippen LogP contribution in [0.15, 0.2) is 29.8 Å². The maximum absolute atomic E-state index is 11.6. The number of phenols is 1. The number of aliphatic hydroxyl groups excluding tert-OH is 1. The number of aromatic hydroxyl groups is 1. The first-order valence-electron chi connectivity index (χ1n) is 8.66. The summed E-state index contributed by atoms with van der Waals surface area (Å²) in [5.41, 5.74) is 3.23. The molecule has 6 rings (SSSR count). The van der Waals surface area contributed by atoms with Crippen molar-refractivity contribution in [3.63, 3.8) is 0 Å². The number of H-pyrrole nitrogens is 1. The summed E-state index contributed by atoms with van der Waals surface area (Å²) in [5, 5.41) is 32.4. The van der Waals surface area contributed by atoms with Gasteiger partial charge in [0.2, 0.25) is 0 Å². The van der Waals surface area contributed by atoms with Crippen LogP contribution in [0.3, 0.4) is 0 Å². The molecule has 1 aromatic heterocycles. The van der Waals surface area contributed by atoms with Crippen LogP contribution in [0.1, 0.15) is 24.6 Å². The SMILES string of the molecule is C/C=C1/CN2[C@H]3Cc4c([nH]c5ccc(O)cc45)[C@]2(O)C[C@H]1C3CO. The lowest BCUT2D eigenvalue weighted by Crippen LogP contribution is -2.69. The van der Waals surface area contributed by atoms with Crippen LogP contribution < -0.4 is 0 Å². The summed E-state index contributed by atoms with van der Waals surface area (Å²) in [4.78, 5) is 5.57. The summed E-state index contributed by atoms with van der Waals surface area (Å²) in [5.74, 6) is 0.623. The molecule has 5 atom stereocenters. The molecule has 1 aromatic carbocycles.